The van der Waals surface area contributed by atoms with Crippen LogP contribution in [0.5, 0.6) is 0 Å². The molecule has 15 heavy (non-hydrogen) atoms. The minimum atomic E-state index is -4.10. The highest BCUT2D eigenvalue weighted by Crippen LogP contribution is 2.50. The van der Waals surface area contributed by atoms with Crippen LogP contribution in [0.1, 0.15) is 38.5 Å². The highest BCUT2D eigenvalue weighted by molar-refractivity contribution is 5.01. The van der Waals surface area contributed by atoms with Crippen molar-refractivity contribution in [2.24, 2.45) is 11.8 Å². The Labute approximate surface area is 88.4 Å². The fraction of sp³-hybridized carbons (Fsp3) is 1.00. The highest BCUT2D eigenvalue weighted by atomic mass is 19.4. The fourth-order valence-corrected chi connectivity index (χ4v) is 2.91. The molecule has 0 aromatic carbocycles. The van der Waals surface area contributed by atoms with Crippen molar-refractivity contribution < 1.29 is 13.2 Å². The monoisotopic (exact) mass is 221 g/mol. The molecule has 0 aromatic rings. The van der Waals surface area contributed by atoms with Gasteiger partial charge in [-0.15, -0.1) is 0 Å². The third kappa shape index (κ3) is 2.01. The molecule has 2 fully saturated rings. The van der Waals surface area contributed by atoms with Gasteiger partial charge in [0, 0.05) is 0 Å². The molecular weight excluding hydrogens is 203 g/mol. The summed E-state index contributed by atoms with van der Waals surface area (Å²) in [6.07, 6.45) is 0.416. The number of hydrogen-bond donors (Lipinski definition) is 1. The topological polar surface area (TPSA) is 12.0 Å². The minimum Gasteiger partial charge on any atom is -0.307 e. The maximum Gasteiger partial charge on any atom is 0.406 e. The van der Waals surface area contributed by atoms with Crippen molar-refractivity contribution in [2.75, 3.05) is 7.05 Å². The summed E-state index contributed by atoms with van der Waals surface area (Å²) in [5.41, 5.74) is -1.60. The second-order valence-corrected chi connectivity index (χ2v) is 5.02. The van der Waals surface area contributed by atoms with Crippen LogP contribution >= 0.6 is 0 Å². The molecule has 2 aliphatic rings. The van der Waals surface area contributed by atoms with Gasteiger partial charge in [-0.3, -0.25) is 0 Å². The smallest absolute Gasteiger partial charge is 0.307 e. The summed E-state index contributed by atoms with van der Waals surface area (Å²) in [7, 11) is 1.45. The van der Waals surface area contributed by atoms with Gasteiger partial charge in [0.2, 0.25) is 0 Å². The molecular formula is C11H18F3N. The summed E-state index contributed by atoms with van der Waals surface area (Å²) in [5, 5.41) is 2.54. The van der Waals surface area contributed by atoms with Crippen LogP contribution in [0.4, 0.5) is 13.2 Å². The van der Waals surface area contributed by atoms with E-state index >= 15 is 0 Å². The third-order valence-electron chi connectivity index (χ3n) is 4.10. The van der Waals surface area contributed by atoms with Crippen molar-refractivity contribution in [3.05, 3.63) is 0 Å². The van der Waals surface area contributed by atoms with E-state index < -0.39 is 11.7 Å². The van der Waals surface area contributed by atoms with E-state index in [1.165, 1.54) is 7.05 Å². The summed E-state index contributed by atoms with van der Waals surface area (Å²) in [6, 6.07) is 0. The van der Waals surface area contributed by atoms with Crippen LogP contribution in [-0.2, 0) is 0 Å². The lowest BCUT2D eigenvalue weighted by Crippen LogP contribution is -2.58. The maximum atomic E-state index is 13.0. The second-order valence-electron chi connectivity index (χ2n) is 5.02. The van der Waals surface area contributed by atoms with Crippen LogP contribution in [0.2, 0.25) is 0 Å². The van der Waals surface area contributed by atoms with Gasteiger partial charge < -0.3 is 5.32 Å². The van der Waals surface area contributed by atoms with Crippen molar-refractivity contribution in [1.29, 1.82) is 0 Å². The van der Waals surface area contributed by atoms with Crippen LogP contribution in [0, 0.1) is 11.8 Å². The summed E-state index contributed by atoms with van der Waals surface area (Å²) in [5.74, 6) is 0.883. The van der Waals surface area contributed by atoms with E-state index in [0.29, 0.717) is 18.3 Å². The lowest BCUT2D eigenvalue weighted by molar-refractivity contribution is -0.208. The first kappa shape index (κ1) is 11.2. The Balaban J connectivity index is 2.10. The number of hydrogen-bond acceptors (Lipinski definition) is 1. The molecule has 2 unspecified atom stereocenters. The molecule has 2 rings (SSSR count). The third-order valence-corrected chi connectivity index (χ3v) is 4.10. The number of halogens is 3. The predicted octanol–water partition coefficient (Wildman–Crippen LogP) is 3.11. The molecule has 0 aliphatic heterocycles. The average molecular weight is 221 g/mol. The van der Waals surface area contributed by atoms with E-state index in [4.69, 9.17) is 0 Å². The van der Waals surface area contributed by atoms with E-state index in [1.54, 1.807) is 0 Å². The zero-order chi connectivity index (χ0) is 11.1. The normalized spacial score (nSPS) is 38.0. The Kier molecular flexibility index (Phi) is 2.73. The van der Waals surface area contributed by atoms with Crippen LogP contribution in [0.3, 0.4) is 0 Å². The van der Waals surface area contributed by atoms with Gasteiger partial charge in [-0.25, -0.2) is 0 Å². The lowest BCUT2D eigenvalue weighted by Gasteiger charge is -2.42. The highest BCUT2D eigenvalue weighted by Gasteiger charge is 2.56. The van der Waals surface area contributed by atoms with Gasteiger partial charge in [0.25, 0.3) is 0 Å². The molecule has 2 saturated carbocycles. The Morgan fingerprint density at radius 2 is 1.80 bits per heavy atom. The van der Waals surface area contributed by atoms with Gasteiger partial charge in [0.1, 0.15) is 5.54 Å². The fourth-order valence-electron chi connectivity index (χ4n) is 2.91. The molecule has 1 nitrogen and oxygen atoms in total. The van der Waals surface area contributed by atoms with Crippen molar-refractivity contribution >= 4 is 0 Å². The quantitative estimate of drug-likeness (QED) is 0.755. The van der Waals surface area contributed by atoms with E-state index in [0.717, 1.165) is 19.3 Å². The van der Waals surface area contributed by atoms with Crippen LogP contribution in [0.25, 0.3) is 0 Å². The van der Waals surface area contributed by atoms with Crippen molar-refractivity contribution in [2.45, 2.75) is 50.2 Å². The molecule has 0 heterocycles. The SMILES string of the molecule is CNC1(C(F)(F)F)CCCC(C2CC2)C1. The van der Waals surface area contributed by atoms with Crippen LogP contribution < -0.4 is 5.32 Å². The Morgan fingerprint density at radius 1 is 1.13 bits per heavy atom. The first-order chi connectivity index (χ1) is 6.98. The first-order valence-electron chi connectivity index (χ1n) is 5.74. The van der Waals surface area contributed by atoms with Crippen molar-refractivity contribution in [3.8, 4) is 0 Å². The molecule has 0 bridgehead atoms. The van der Waals surface area contributed by atoms with E-state index in [9.17, 15) is 13.2 Å². The van der Waals surface area contributed by atoms with E-state index in [-0.39, 0.29) is 12.8 Å². The lowest BCUT2D eigenvalue weighted by atomic mass is 9.73. The molecule has 0 spiro atoms. The standard InChI is InChI=1S/C11H18F3N/c1-15-10(11(12,13)14)6-2-3-9(7-10)8-4-5-8/h8-9,15H,2-7H2,1H3. The zero-order valence-electron chi connectivity index (χ0n) is 9.03. The molecule has 0 radical (unpaired) electrons. The summed E-state index contributed by atoms with van der Waals surface area (Å²) >= 11 is 0. The average Bonchev–Trinajstić information content (AvgIpc) is 2.99. The molecule has 88 valence electrons. The largest absolute Gasteiger partial charge is 0.406 e. The van der Waals surface area contributed by atoms with Crippen molar-refractivity contribution in [1.82, 2.24) is 5.32 Å². The molecule has 1 N–H and O–H groups in total. The van der Waals surface area contributed by atoms with Gasteiger partial charge in [-0.2, -0.15) is 13.2 Å². The summed E-state index contributed by atoms with van der Waals surface area (Å²) in [4.78, 5) is 0. The molecule has 4 heteroatoms. The van der Waals surface area contributed by atoms with Crippen LogP contribution in [-0.4, -0.2) is 18.8 Å². The summed E-state index contributed by atoms with van der Waals surface area (Å²) < 4.78 is 39.0. The molecule has 0 aromatic heterocycles. The van der Waals surface area contributed by atoms with Gasteiger partial charge >= 0.3 is 6.18 Å². The maximum absolute atomic E-state index is 13.0. The molecule has 0 amide bonds. The van der Waals surface area contributed by atoms with E-state index in [2.05, 4.69) is 5.32 Å². The number of rotatable bonds is 2. The second kappa shape index (κ2) is 3.65. The van der Waals surface area contributed by atoms with Gasteiger partial charge in [0.15, 0.2) is 0 Å². The van der Waals surface area contributed by atoms with Gasteiger partial charge in [0.05, 0.1) is 0 Å². The number of nitrogens with one attached hydrogen (secondary N) is 1. The Hall–Kier alpha value is -0.250. The molecule has 2 aliphatic carbocycles. The zero-order valence-corrected chi connectivity index (χ0v) is 9.03. The number of alkyl halides is 3. The van der Waals surface area contributed by atoms with Crippen LogP contribution in [0.15, 0.2) is 0 Å². The van der Waals surface area contributed by atoms with Crippen molar-refractivity contribution in [3.63, 3.8) is 0 Å². The predicted molar refractivity (Wildman–Crippen MR) is 52.5 cm³/mol. The molecule has 0 saturated heterocycles. The summed E-state index contributed by atoms with van der Waals surface area (Å²) in [6.45, 7) is 0. The Bertz CT molecular complexity index is 234. The Morgan fingerprint density at radius 3 is 2.27 bits per heavy atom. The van der Waals surface area contributed by atoms with Gasteiger partial charge in [-0.05, 0) is 44.6 Å². The first-order valence-corrected chi connectivity index (χ1v) is 5.74. The van der Waals surface area contributed by atoms with E-state index in [1.807, 2.05) is 0 Å². The molecule has 2 atom stereocenters. The van der Waals surface area contributed by atoms with Gasteiger partial charge in [-0.1, -0.05) is 12.8 Å². The minimum absolute atomic E-state index is 0.246.